The SMILES string of the molecule is N#Cc1cc(C(F)(F)F)ccc1S(=O)(=O)N1CCC(O)(CO)C1.Oc1ccc(F)cc1. The van der Waals surface area contributed by atoms with Gasteiger partial charge in [-0.05, 0) is 48.9 Å². The zero-order valence-electron chi connectivity index (χ0n) is 15.8. The van der Waals surface area contributed by atoms with Crippen molar-refractivity contribution in [1.82, 2.24) is 4.31 Å². The summed E-state index contributed by atoms with van der Waals surface area (Å²) in [5.74, 6) is -0.241. The molecule has 2 aromatic carbocycles. The number of phenols is 1. The van der Waals surface area contributed by atoms with Crippen LogP contribution in [0, 0.1) is 17.1 Å². The van der Waals surface area contributed by atoms with Gasteiger partial charge in [0.05, 0.1) is 22.6 Å². The van der Waals surface area contributed by atoms with Gasteiger partial charge in [-0.2, -0.15) is 22.7 Å². The summed E-state index contributed by atoms with van der Waals surface area (Å²) in [6, 6.07) is 8.25. The largest absolute Gasteiger partial charge is 0.508 e. The van der Waals surface area contributed by atoms with E-state index in [1.54, 1.807) is 0 Å². The van der Waals surface area contributed by atoms with Crippen LogP contribution in [-0.2, 0) is 16.2 Å². The fraction of sp³-hybridized carbons (Fsp3) is 0.316. The highest BCUT2D eigenvalue weighted by atomic mass is 32.2. The van der Waals surface area contributed by atoms with E-state index in [1.807, 2.05) is 0 Å². The highest BCUT2D eigenvalue weighted by molar-refractivity contribution is 7.89. The molecule has 1 unspecified atom stereocenters. The Labute approximate surface area is 175 Å². The molecule has 0 aliphatic carbocycles. The van der Waals surface area contributed by atoms with Crippen LogP contribution in [0.5, 0.6) is 5.75 Å². The molecule has 1 heterocycles. The van der Waals surface area contributed by atoms with Crippen molar-refractivity contribution in [3.63, 3.8) is 0 Å². The molecule has 0 saturated carbocycles. The van der Waals surface area contributed by atoms with E-state index in [4.69, 9.17) is 15.5 Å². The van der Waals surface area contributed by atoms with E-state index in [1.165, 1.54) is 30.3 Å². The van der Waals surface area contributed by atoms with Crippen LogP contribution in [0.25, 0.3) is 0 Å². The monoisotopic (exact) mass is 462 g/mol. The van der Waals surface area contributed by atoms with Gasteiger partial charge in [-0.25, -0.2) is 12.8 Å². The molecule has 3 N–H and O–H groups in total. The second-order valence-corrected chi connectivity index (χ2v) is 8.67. The van der Waals surface area contributed by atoms with Crippen LogP contribution >= 0.6 is 0 Å². The lowest BCUT2D eigenvalue weighted by Gasteiger charge is -2.21. The van der Waals surface area contributed by atoms with E-state index < -0.39 is 51.0 Å². The number of nitrogens with zero attached hydrogens (tertiary/aromatic N) is 2. The van der Waals surface area contributed by atoms with Gasteiger partial charge in [0.25, 0.3) is 0 Å². The molecule has 1 atom stereocenters. The summed E-state index contributed by atoms with van der Waals surface area (Å²) >= 11 is 0. The second-order valence-electron chi connectivity index (χ2n) is 6.77. The highest BCUT2D eigenvalue weighted by Crippen LogP contribution is 2.33. The Hall–Kier alpha value is -2.72. The molecular formula is C19H18F4N2O5S. The summed E-state index contributed by atoms with van der Waals surface area (Å²) in [5, 5.41) is 36.5. The van der Waals surface area contributed by atoms with Gasteiger partial charge in [-0.15, -0.1) is 0 Å². The van der Waals surface area contributed by atoms with Gasteiger partial charge < -0.3 is 15.3 Å². The number of nitriles is 1. The summed E-state index contributed by atoms with van der Waals surface area (Å²) in [7, 11) is -4.25. The molecule has 31 heavy (non-hydrogen) atoms. The minimum absolute atomic E-state index is 0.00868. The molecule has 1 saturated heterocycles. The molecule has 0 radical (unpaired) electrons. The van der Waals surface area contributed by atoms with Crippen LogP contribution in [0.1, 0.15) is 17.5 Å². The molecule has 1 aliphatic heterocycles. The lowest BCUT2D eigenvalue weighted by Crippen LogP contribution is -2.39. The molecule has 0 aromatic heterocycles. The van der Waals surface area contributed by atoms with Crippen LogP contribution in [0.3, 0.4) is 0 Å². The van der Waals surface area contributed by atoms with E-state index in [9.17, 15) is 31.1 Å². The average Bonchev–Trinajstić information content (AvgIpc) is 3.13. The van der Waals surface area contributed by atoms with E-state index in [2.05, 4.69) is 0 Å². The molecular weight excluding hydrogens is 444 g/mol. The Morgan fingerprint density at radius 1 is 1.16 bits per heavy atom. The average molecular weight is 462 g/mol. The van der Waals surface area contributed by atoms with Crippen molar-refractivity contribution in [2.75, 3.05) is 19.7 Å². The number of hydrogen-bond acceptors (Lipinski definition) is 6. The van der Waals surface area contributed by atoms with Crippen LogP contribution in [0.15, 0.2) is 47.4 Å². The van der Waals surface area contributed by atoms with Gasteiger partial charge in [0.1, 0.15) is 23.2 Å². The summed E-state index contributed by atoms with van der Waals surface area (Å²) in [4.78, 5) is -0.560. The normalized spacial score (nSPS) is 19.4. The predicted molar refractivity (Wildman–Crippen MR) is 99.6 cm³/mol. The minimum Gasteiger partial charge on any atom is -0.508 e. The Kier molecular flexibility index (Phi) is 7.28. The Bertz CT molecular complexity index is 1050. The Balaban J connectivity index is 0.000000357. The number of hydrogen-bond donors (Lipinski definition) is 3. The first-order valence-corrected chi connectivity index (χ1v) is 10.2. The molecule has 12 heteroatoms. The lowest BCUT2D eigenvalue weighted by atomic mass is 10.1. The van der Waals surface area contributed by atoms with Crippen molar-refractivity contribution >= 4 is 10.0 Å². The van der Waals surface area contributed by atoms with E-state index in [-0.39, 0.29) is 24.5 Å². The molecule has 1 aliphatic rings. The summed E-state index contributed by atoms with van der Waals surface area (Å²) in [5.41, 5.74) is -3.34. The number of aliphatic hydroxyl groups is 2. The fourth-order valence-electron chi connectivity index (χ4n) is 2.75. The summed E-state index contributed by atoms with van der Waals surface area (Å²) < 4.78 is 75.7. The third kappa shape index (κ3) is 5.92. The van der Waals surface area contributed by atoms with Crippen molar-refractivity contribution in [2.24, 2.45) is 0 Å². The molecule has 168 valence electrons. The highest BCUT2D eigenvalue weighted by Gasteiger charge is 2.42. The summed E-state index contributed by atoms with van der Waals surface area (Å²) in [6.45, 7) is -1.14. The van der Waals surface area contributed by atoms with E-state index in [0.717, 1.165) is 10.4 Å². The first-order chi connectivity index (χ1) is 14.3. The number of rotatable bonds is 3. The number of phenolic OH excluding ortho intramolecular Hbond substituents is 1. The fourth-order valence-corrected chi connectivity index (χ4v) is 4.39. The molecule has 0 bridgehead atoms. The van der Waals surface area contributed by atoms with E-state index >= 15 is 0 Å². The minimum atomic E-state index is -4.70. The lowest BCUT2D eigenvalue weighted by molar-refractivity contribution is -0.137. The van der Waals surface area contributed by atoms with E-state index in [0.29, 0.717) is 12.1 Å². The van der Waals surface area contributed by atoms with Crippen molar-refractivity contribution in [3.8, 4) is 11.8 Å². The molecule has 7 nitrogen and oxygen atoms in total. The van der Waals surface area contributed by atoms with Gasteiger partial charge in [0.15, 0.2) is 0 Å². The van der Waals surface area contributed by atoms with Crippen LogP contribution in [-0.4, -0.2) is 53.3 Å². The van der Waals surface area contributed by atoms with Gasteiger partial charge in [0.2, 0.25) is 10.0 Å². The number of benzene rings is 2. The quantitative estimate of drug-likeness (QED) is 0.602. The zero-order valence-corrected chi connectivity index (χ0v) is 16.7. The van der Waals surface area contributed by atoms with Gasteiger partial charge in [-0.3, -0.25) is 0 Å². The van der Waals surface area contributed by atoms with Crippen molar-refractivity contribution < 1.29 is 41.3 Å². The Morgan fingerprint density at radius 3 is 2.23 bits per heavy atom. The number of halogens is 4. The number of alkyl halides is 3. The molecule has 0 amide bonds. The third-order valence-corrected chi connectivity index (χ3v) is 6.37. The second kappa shape index (κ2) is 9.19. The first-order valence-electron chi connectivity index (χ1n) is 8.72. The third-order valence-electron chi connectivity index (χ3n) is 4.46. The topological polar surface area (TPSA) is 122 Å². The maximum Gasteiger partial charge on any atom is 0.416 e. The number of β-amino-alcohol motifs (C(OH)–C–C–N with tert-alkyl or cyclic N) is 1. The van der Waals surface area contributed by atoms with Crippen LogP contribution in [0.4, 0.5) is 17.6 Å². The number of aromatic hydroxyl groups is 1. The van der Waals surface area contributed by atoms with Crippen molar-refractivity contribution in [3.05, 3.63) is 59.4 Å². The number of aliphatic hydroxyl groups excluding tert-OH is 1. The maximum atomic E-state index is 12.7. The van der Waals surface area contributed by atoms with Crippen molar-refractivity contribution in [2.45, 2.75) is 23.1 Å². The number of sulfonamides is 1. The molecule has 3 rings (SSSR count). The van der Waals surface area contributed by atoms with Gasteiger partial charge >= 0.3 is 6.18 Å². The zero-order chi connectivity index (χ0) is 23.4. The van der Waals surface area contributed by atoms with Crippen LogP contribution < -0.4 is 0 Å². The standard InChI is InChI=1S/C13H13F3N2O4S.C6H5FO/c14-13(15,16)10-1-2-11(9(5-10)6-17)23(21,22)18-4-3-12(20,7-18)8-19;7-5-1-3-6(8)4-2-5/h1-2,5,19-20H,3-4,7-8H2;1-4,8H. The molecule has 0 spiro atoms. The maximum absolute atomic E-state index is 12.7. The first kappa shape index (κ1) is 24.5. The summed E-state index contributed by atoms with van der Waals surface area (Å²) in [6.07, 6.45) is -4.70. The molecule has 2 aromatic rings. The Morgan fingerprint density at radius 2 is 1.77 bits per heavy atom. The van der Waals surface area contributed by atoms with Crippen molar-refractivity contribution in [1.29, 1.82) is 5.26 Å². The smallest absolute Gasteiger partial charge is 0.416 e. The predicted octanol–water partition coefficient (Wildman–Crippen LogP) is 2.23. The molecule has 1 fully saturated rings. The van der Waals surface area contributed by atoms with Gasteiger partial charge in [0, 0.05) is 13.1 Å². The van der Waals surface area contributed by atoms with Crippen LogP contribution in [0.2, 0.25) is 0 Å². The van der Waals surface area contributed by atoms with Gasteiger partial charge in [-0.1, -0.05) is 0 Å².